The Morgan fingerprint density at radius 2 is 2.37 bits per heavy atom. The second-order valence-corrected chi connectivity index (χ2v) is 7.22. The second kappa shape index (κ2) is 8.95. The van der Waals surface area contributed by atoms with Crippen LogP contribution in [-0.4, -0.2) is 25.0 Å². The molecule has 1 aliphatic heterocycles. The summed E-state index contributed by atoms with van der Waals surface area (Å²) in [5.74, 6) is 0.194. The Kier molecular flexibility index (Phi) is 7.99. The van der Waals surface area contributed by atoms with Gasteiger partial charge in [0.1, 0.15) is 0 Å². The molecule has 0 aliphatic carbocycles. The van der Waals surface area contributed by atoms with Crippen LogP contribution < -0.4 is 10.6 Å². The monoisotopic (exact) mass is 366 g/mol. The van der Waals surface area contributed by atoms with Gasteiger partial charge in [-0.05, 0) is 60.3 Å². The van der Waals surface area contributed by atoms with Gasteiger partial charge < -0.3 is 10.6 Å². The molecule has 2 rings (SSSR count). The van der Waals surface area contributed by atoms with Crippen molar-refractivity contribution in [2.24, 2.45) is 0 Å². The van der Waals surface area contributed by atoms with E-state index in [1.807, 2.05) is 0 Å². The molecule has 1 aromatic heterocycles. The number of halogens is 2. The van der Waals surface area contributed by atoms with E-state index in [9.17, 15) is 4.79 Å². The Labute approximate surface area is 133 Å². The van der Waals surface area contributed by atoms with Crippen LogP contribution in [0.25, 0.3) is 0 Å². The number of hydrogen-bond acceptors (Lipinski definition) is 3. The van der Waals surface area contributed by atoms with E-state index < -0.39 is 0 Å². The van der Waals surface area contributed by atoms with Gasteiger partial charge in [0.2, 0.25) is 5.91 Å². The normalized spacial score (nSPS) is 18.7. The largest absolute Gasteiger partial charge is 0.352 e. The Balaban J connectivity index is 0.00000180. The predicted molar refractivity (Wildman–Crippen MR) is 86.2 cm³/mol. The van der Waals surface area contributed by atoms with Crippen molar-refractivity contribution in [2.45, 2.75) is 38.1 Å². The molecular weight excluding hydrogens is 348 g/mol. The number of hydrogen-bond donors (Lipinski definition) is 2. The van der Waals surface area contributed by atoms with Crippen LogP contribution in [0.15, 0.2) is 15.9 Å². The van der Waals surface area contributed by atoms with E-state index in [4.69, 9.17) is 0 Å². The number of rotatable bonds is 5. The predicted octanol–water partition coefficient (Wildman–Crippen LogP) is 3.12. The summed E-state index contributed by atoms with van der Waals surface area (Å²) in [5.41, 5.74) is 0. The van der Waals surface area contributed by atoms with Crippen molar-refractivity contribution in [2.75, 3.05) is 13.1 Å². The summed E-state index contributed by atoms with van der Waals surface area (Å²) < 4.78 is 1.16. The lowest BCUT2D eigenvalue weighted by molar-refractivity contribution is -0.122. The lowest BCUT2D eigenvalue weighted by Gasteiger charge is -2.23. The van der Waals surface area contributed by atoms with Gasteiger partial charge in [0.25, 0.3) is 0 Å². The number of piperidine rings is 1. The highest BCUT2D eigenvalue weighted by atomic mass is 79.9. The molecule has 2 N–H and O–H groups in total. The maximum atomic E-state index is 11.8. The standard InChI is InChI=1S/C13H19BrN2OS.ClH/c14-12-7-6-11(18-12)4-1-5-13(17)16-10-3-2-8-15-9-10;/h6-7,10,15H,1-5,8-9H2,(H,16,17);1H. The molecule has 0 radical (unpaired) electrons. The molecule has 1 atom stereocenters. The first-order valence-electron chi connectivity index (χ1n) is 6.48. The molecule has 3 nitrogen and oxygen atoms in total. The van der Waals surface area contributed by atoms with Crippen molar-refractivity contribution >= 4 is 45.6 Å². The molecule has 1 aromatic rings. The zero-order valence-electron chi connectivity index (χ0n) is 10.8. The van der Waals surface area contributed by atoms with E-state index in [0.717, 1.165) is 42.6 Å². The number of nitrogens with one attached hydrogen (secondary N) is 2. The molecule has 0 spiro atoms. The van der Waals surface area contributed by atoms with Gasteiger partial charge in [-0.15, -0.1) is 23.7 Å². The van der Waals surface area contributed by atoms with Crippen LogP contribution in [0.3, 0.4) is 0 Å². The molecule has 108 valence electrons. The summed E-state index contributed by atoms with van der Waals surface area (Å²) >= 11 is 5.20. The molecule has 19 heavy (non-hydrogen) atoms. The van der Waals surface area contributed by atoms with Crippen molar-refractivity contribution in [3.63, 3.8) is 0 Å². The highest BCUT2D eigenvalue weighted by Gasteiger charge is 2.14. The first kappa shape index (κ1) is 17.0. The van der Waals surface area contributed by atoms with Gasteiger partial charge in [-0.3, -0.25) is 4.79 Å². The van der Waals surface area contributed by atoms with Crippen molar-refractivity contribution in [1.82, 2.24) is 10.6 Å². The molecular formula is C13H20BrClN2OS. The second-order valence-electron chi connectivity index (χ2n) is 4.67. The summed E-state index contributed by atoms with van der Waals surface area (Å²) in [6.45, 7) is 2.00. The number of carbonyl (C=O) groups is 1. The number of amides is 1. The smallest absolute Gasteiger partial charge is 0.220 e. The van der Waals surface area contributed by atoms with Gasteiger partial charge in [0.15, 0.2) is 0 Å². The number of thiophene rings is 1. The SMILES string of the molecule is Cl.O=C(CCCc1ccc(Br)s1)NC1CCCNC1. The molecule has 1 unspecified atom stereocenters. The van der Waals surface area contributed by atoms with Crippen molar-refractivity contribution in [1.29, 1.82) is 0 Å². The molecule has 0 saturated carbocycles. The van der Waals surface area contributed by atoms with Crippen molar-refractivity contribution < 1.29 is 4.79 Å². The van der Waals surface area contributed by atoms with Gasteiger partial charge in [-0.2, -0.15) is 0 Å². The van der Waals surface area contributed by atoms with E-state index in [1.165, 1.54) is 4.88 Å². The summed E-state index contributed by atoms with van der Waals surface area (Å²) in [4.78, 5) is 13.1. The van der Waals surface area contributed by atoms with Crippen LogP contribution in [0, 0.1) is 0 Å². The maximum Gasteiger partial charge on any atom is 0.220 e. The first-order valence-corrected chi connectivity index (χ1v) is 8.09. The Bertz CT molecular complexity index is 394. The molecule has 1 saturated heterocycles. The van der Waals surface area contributed by atoms with E-state index in [1.54, 1.807) is 11.3 Å². The maximum absolute atomic E-state index is 11.8. The minimum atomic E-state index is 0. The van der Waals surface area contributed by atoms with Gasteiger partial charge in [-0.1, -0.05) is 0 Å². The molecule has 1 fully saturated rings. The number of carbonyl (C=O) groups excluding carboxylic acids is 1. The highest BCUT2D eigenvalue weighted by molar-refractivity contribution is 9.11. The molecule has 1 aliphatic rings. The average Bonchev–Trinajstić information content (AvgIpc) is 2.76. The van der Waals surface area contributed by atoms with E-state index >= 15 is 0 Å². The summed E-state index contributed by atoms with van der Waals surface area (Å²) in [7, 11) is 0. The van der Waals surface area contributed by atoms with Gasteiger partial charge >= 0.3 is 0 Å². The van der Waals surface area contributed by atoms with Crippen LogP contribution in [-0.2, 0) is 11.2 Å². The van der Waals surface area contributed by atoms with Crippen molar-refractivity contribution in [3.05, 3.63) is 20.8 Å². The third-order valence-corrected chi connectivity index (χ3v) is 4.80. The molecule has 1 amide bonds. The topological polar surface area (TPSA) is 41.1 Å². The van der Waals surface area contributed by atoms with Gasteiger partial charge in [-0.25, -0.2) is 0 Å². The Hall–Kier alpha value is -0.100. The Morgan fingerprint density at radius 1 is 1.53 bits per heavy atom. The van der Waals surface area contributed by atoms with Crippen LogP contribution in [0.2, 0.25) is 0 Å². The van der Waals surface area contributed by atoms with Gasteiger partial charge in [0.05, 0.1) is 3.79 Å². The first-order chi connectivity index (χ1) is 8.74. The van der Waals surface area contributed by atoms with E-state index in [-0.39, 0.29) is 18.3 Å². The fraction of sp³-hybridized carbons (Fsp3) is 0.615. The summed E-state index contributed by atoms with van der Waals surface area (Å²) in [6.07, 6.45) is 4.82. The summed E-state index contributed by atoms with van der Waals surface area (Å²) in [6, 6.07) is 4.52. The fourth-order valence-corrected chi connectivity index (χ4v) is 3.71. The molecule has 0 bridgehead atoms. The van der Waals surface area contributed by atoms with Crippen LogP contribution in [0.1, 0.15) is 30.6 Å². The molecule has 6 heteroatoms. The quantitative estimate of drug-likeness (QED) is 0.839. The molecule has 0 aromatic carbocycles. The van der Waals surface area contributed by atoms with Crippen LogP contribution in [0.5, 0.6) is 0 Å². The third kappa shape index (κ3) is 6.25. The van der Waals surface area contributed by atoms with Crippen LogP contribution >= 0.6 is 39.7 Å². The van der Waals surface area contributed by atoms with Crippen LogP contribution in [0.4, 0.5) is 0 Å². The zero-order valence-corrected chi connectivity index (χ0v) is 14.0. The van der Waals surface area contributed by atoms with E-state index in [0.29, 0.717) is 12.5 Å². The Morgan fingerprint density at radius 3 is 3.00 bits per heavy atom. The zero-order chi connectivity index (χ0) is 12.8. The number of aryl methyl sites for hydroxylation is 1. The lowest BCUT2D eigenvalue weighted by atomic mass is 10.1. The molecule has 2 heterocycles. The fourth-order valence-electron chi connectivity index (χ4n) is 2.18. The van der Waals surface area contributed by atoms with Gasteiger partial charge in [0, 0.05) is 23.9 Å². The minimum Gasteiger partial charge on any atom is -0.352 e. The lowest BCUT2D eigenvalue weighted by Crippen LogP contribution is -2.45. The average molecular weight is 368 g/mol. The summed E-state index contributed by atoms with van der Waals surface area (Å²) in [5, 5.41) is 6.41. The van der Waals surface area contributed by atoms with E-state index in [2.05, 4.69) is 38.7 Å². The highest BCUT2D eigenvalue weighted by Crippen LogP contribution is 2.23. The third-order valence-electron chi connectivity index (χ3n) is 3.12. The van der Waals surface area contributed by atoms with Crippen molar-refractivity contribution in [3.8, 4) is 0 Å². The minimum absolute atomic E-state index is 0.